The van der Waals surface area contributed by atoms with Gasteiger partial charge < -0.3 is 10.4 Å². The lowest BCUT2D eigenvalue weighted by atomic mass is 10.3. The molecule has 0 saturated heterocycles. The Morgan fingerprint density at radius 1 is 1.43 bits per heavy atom. The lowest BCUT2D eigenvalue weighted by Gasteiger charge is -2.15. The maximum absolute atomic E-state index is 9.13. The van der Waals surface area contributed by atoms with Gasteiger partial charge in [-0.15, -0.1) is 0 Å². The molecule has 0 aliphatic heterocycles. The van der Waals surface area contributed by atoms with Gasteiger partial charge in [-0.1, -0.05) is 0 Å². The first kappa shape index (κ1) is 9.40. The Balaban J connectivity index is 2.14. The lowest BCUT2D eigenvalue weighted by Crippen LogP contribution is -2.26. The Bertz CT molecular complexity index is 347. The zero-order valence-electron chi connectivity index (χ0n) is 8.54. The van der Waals surface area contributed by atoms with Crippen molar-refractivity contribution in [3.8, 4) is 0 Å². The van der Waals surface area contributed by atoms with Crippen molar-refractivity contribution in [2.75, 3.05) is 11.9 Å². The van der Waals surface area contributed by atoms with Crippen LogP contribution in [0.3, 0.4) is 0 Å². The van der Waals surface area contributed by atoms with Crippen LogP contribution in [-0.2, 0) is 0 Å². The average Bonchev–Trinajstić information content (AvgIpc) is 2.93. The molecule has 1 saturated carbocycles. The molecule has 2 N–H and O–H groups in total. The molecule has 0 radical (unpaired) electrons. The van der Waals surface area contributed by atoms with E-state index >= 15 is 0 Å². The normalized spacial score (nSPS) is 17.9. The predicted molar refractivity (Wildman–Crippen MR) is 54.2 cm³/mol. The Morgan fingerprint density at radius 3 is 2.64 bits per heavy atom. The van der Waals surface area contributed by atoms with Crippen molar-refractivity contribution >= 4 is 5.82 Å². The van der Waals surface area contributed by atoms with Gasteiger partial charge in [-0.25, -0.2) is 4.98 Å². The second kappa shape index (κ2) is 3.20. The molecule has 0 amide bonds. The van der Waals surface area contributed by atoms with Crippen LogP contribution < -0.4 is 5.32 Å². The number of nitrogens with one attached hydrogen (secondary N) is 1. The number of aromatic nitrogens is 2. The Morgan fingerprint density at radius 2 is 2.14 bits per heavy atom. The number of nitrogens with zero attached hydrogens (tertiary/aromatic N) is 2. The molecule has 1 aromatic rings. The molecule has 2 rings (SSSR count). The van der Waals surface area contributed by atoms with E-state index in [4.69, 9.17) is 5.11 Å². The van der Waals surface area contributed by atoms with Gasteiger partial charge in [-0.2, -0.15) is 0 Å². The van der Waals surface area contributed by atoms with E-state index in [2.05, 4.69) is 15.3 Å². The summed E-state index contributed by atoms with van der Waals surface area (Å²) in [5, 5.41) is 12.4. The molecule has 1 heterocycles. The molecule has 4 nitrogen and oxygen atoms in total. The Hall–Kier alpha value is -1.16. The fourth-order valence-corrected chi connectivity index (χ4v) is 1.35. The highest BCUT2D eigenvalue weighted by atomic mass is 16.3. The van der Waals surface area contributed by atoms with Crippen LogP contribution in [0.5, 0.6) is 0 Å². The quantitative estimate of drug-likeness (QED) is 0.752. The highest BCUT2D eigenvalue weighted by Crippen LogP contribution is 2.37. The number of hydrogen-bond acceptors (Lipinski definition) is 4. The third-order valence-corrected chi connectivity index (χ3v) is 2.74. The molecule has 0 atom stereocenters. The molecule has 1 aliphatic rings. The van der Waals surface area contributed by atoms with E-state index in [0.29, 0.717) is 0 Å². The van der Waals surface area contributed by atoms with Gasteiger partial charge in [-0.3, -0.25) is 4.98 Å². The molecule has 76 valence electrons. The summed E-state index contributed by atoms with van der Waals surface area (Å²) >= 11 is 0. The van der Waals surface area contributed by atoms with Crippen molar-refractivity contribution in [2.24, 2.45) is 0 Å². The minimum atomic E-state index is -0.115. The standard InChI is InChI=1S/C10H15N3O/c1-7-8(2)12-9(5-11-7)13-10(6-14)3-4-10/h5,14H,3-4,6H2,1-2H3,(H,12,13). The monoisotopic (exact) mass is 193 g/mol. The highest BCUT2D eigenvalue weighted by Gasteiger charge is 2.42. The van der Waals surface area contributed by atoms with Crippen molar-refractivity contribution in [1.82, 2.24) is 9.97 Å². The highest BCUT2D eigenvalue weighted by molar-refractivity contribution is 5.39. The van der Waals surface area contributed by atoms with Gasteiger partial charge in [0.25, 0.3) is 0 Å². The number of aliphatic hydroxyl groups excluding tert-OH is 1. The van der Waals surface area contributed by atoms with Crippen LogP contribution in [0.25, 0.3) is 0 Å². The predicted octanol–water partition coefficient (Wildman–Crippen LogP) is 1.03. The second-order valence-electron chi connectivity index (χ2n) is 3.99. The molecule has 4 heteroatoms. The number of aliphatic hydroxyl groups is 1. The summed E-state index contributed by atoms with van der Waals surface area (Å²) in [5.74, 6) is 0.764. The summed E-state index contributed by atoms with van der Waals surface area (Å²) in [6, 6.07) is 0. The molecule has 1 aliphatic carbocycles. The molecular weight excluding hydrogens is 178 g/mol. The summed E-state index contributed by atoms with van der Waals surface area (Å²) in [6.45, 7) is 4.04. The van der Waals surface area contributed by atoms with E-state index in [1.807, 2.05) is 13.8 Å². The molecule has 1 fully saturated rings. The molecule has 0 aromatic carbocycles. The molecular formula is C10H15N3O. The third-order valence-electron chi connectivity index (χ3n) is 2.74. The van der Waals surface area contributed by atoms with Gasteiger partial charge in [0.05, 0.1) is 29.7 Å². The SMILES string of the molecule is Cc1ncc(NC2(CO)CC2)nc1C. The first-order chi connectivity index (χ1) is 6.65. The van der Waals surface area contributed by atoms with Gasteiger partial charge in [0.1, 0.15) is 5.82 Å². The van der Waals surface area contributed by atoms with Crippen LogP contribution in [-0.4, -0.2) is 27.2 Å². The number of hydrogen-bond donors (Lipinski definition) is 2. The zero-order valence-corrected chi connectivity index (χ0v) is 8.54. The van der Waals surface area contributed by atoms with E-state index < -0.39 is 0 Å². The van der Waals surface area contributed by atoms with Crippen LogP contribution in [0.1, 0.15) is 24.2 Å². The number of anilines is 1. The fourth-order valence-electron chi connectivity index (χ4n) is 1.35. The van der Waals surface area contributed by atoms with Crippen LogP contribution in [0.4, 0.5) is 5.82 Å². The maximum atomic E-state index is 9.13. The van der Waals surface area contributed by atoms with E-state index in [1.54, 1.807) is 6.20 Å². The van der Waals surface area contributed by atoms with Crippen molar-refractivity contribution < 1.29 is 5.11 Å². The fraction of sp³-hybridized carbons (Fsp3) is 0.600. The second-order valence-corrected chi connectivity index (χ2v) is 3.99. The first-order valence-corrected chi connectivity index (χ1v) is 4.84. The maximum Gasteiger partial charge on any atom is 0.145 e. The van der Waals surface area contributed by atoms with Crippen LogP contribution in [0.2, 0.25) is 0 Å². The van der Waals surface area contributed by atoms with Crippen molar-refractivity contribution in [2.45, 2.75) is 32.2 Å². The van der Waals surface area contributed by atoms with Gasteiger partial charge in [0, 0.05) is 0 Å². The Labute approximate surface area is 83.4 Å². The molecule has 0 unspecified atom stereocenters. The summed E-state index contributed by atoms with van der Waals surface area (Å²) in [4.78, 5) is 8.58. The lowest BCUT2D eigenvalue weighted by molar-refractivity contribution is 0.266. The number of aryl methyl sites for hydroxylation is 2. The van der Waals surface area contributed by atoms with Gasteiger partial charge in [0.2, 0.25) is 0 Å². The largest absolute Gasteiger partial charge is 0.394 e. The van der Waals surface area contributed by atoms with Crippen LogP contribution >= 0.6 is 0 Å². The van der Waals surface area contributed by atoms with Gasteiger partial charge in [0.15, 0.2) is 0 Å². The van der Waals surface area contributed by atoms with E-state index in [0.717, 1.165) is 30.0 Å². The zero-order chi connectivity index (χ0) is 10.2. The number of rotatable bonds is 3. The van der Waals surface area contributed by atoms with Crippen molar-refractivity contribution in [3.05, 3.63) is 17.6 Å². The van der Waals surface area contributed by atoms with E-state index in [-0.39, 0.29) is 12.1 Å². The summed E-state index contributed by atoms with van der Waals surface area (Å²) in [6.07, 6.45) is 3.74. The van der Waals surface area contributed by atoms with E-state index in [9.17, 15) is 0 Å². The topological polar surface area (TPSA) is 58.0 Å². The molecule has 1 aromatic heterocycles. The average molecular weight is 193 g/mol. The van der Waals surface area contributed by atoms with Gasteiger partial charge in [-0.05, 0) is 26.7 Å². The molecule has 14 heavy (non-hydrogen) atoms. The van der Waals surface area contributed by atoms with Crippen LogP contribution in [0, 0.1) is 13.8 Å². The minimum absolute atomic E-state index is 0.115. The first-order valence-electron chi connectivity index (χ1n) is 4.84. The van der Waals surface area contributed by atoms with E-state index in [1.165, 1.54) is 0 Å². The minimum Gasteiger partial charge on any atom is -0.394 e. The summed E-state index contributed by atoms with van der Waals surface area (Å²) in [5.41, 5.74) is 1.77. The van der Waals surface area contributed by atoms with Gasteiger partial charge >= 0.3 is 0 Å². The summed E-state index contributed by atoms with van der Waals surface area (Å²) < 4.78 is 0. The molecule has 0 spiro atoms. The van der Waals surface area contributed by atoms with Crippen molar-refractivity contribution in [3.63, 3.8) is 0 Å². The molecule has 0 bridgehead atoms. The smallest absolute Gasteiger partial charge is 0.145 e. The van der Waals surface area contributed by atoms with Crippen LogP contribution in [0.15, 0.2) is 6.20 Å². The third kappa shape index (κ3) is 1.70. The Kier molecular flexibility index (Phi) is 2.15. The summed E-state index contributed by atoms with van der Waals surface area (Å²) in [7, 11) is 0. The van der Waals surface area contributed by atoms with Crippen molar-refractivity contribution in [1.29, 1.82) is 0 Å².